The SMILES string of the molecule is CC(Oc1ccc(Cl)cc1Cl)c1c(CN)nnn1C. The van der Waals surface area contributed by atoms with Crippen LogP contribution in [-0.4, -0.2) is 15.0 Å². The van der Waals surface area contributed by atoms with Crippen LogP contribution < -0.4 is 10.5 Å². The fourth-order valence-corrected chi connectivity index (χ4v) is 2.32. The second kappa shape index (κ2) is 5.77. The summed E-state index contributed by atoms with van der Waals surface area (Å²) in [5.74, 6) is 0.558. The topological polar surface area (TPSA) is 66.0 Å². The van der Waals surface area contributed by atoms with Gasteiger partial charge in [-0.2, -0.15) is 0 Å². The second-order valence-corrected chi connectivity index (χ2v) is 4.93. The molecule has 0 aliphatic heterocycles. The van der Waals surface area contributed by atoms with Crippen molar-refractivity contribution in [3.8, 4) is 5.75 Å². The van der Waals surface area contributed by atoms with Crippen molar-refractivity contribution < 1.29 is 4.74 Å². The maximum absolute atomic E-state index is 6.08. The molecule has 0 aliphatic rings. The van der Waals surface area contributed by atoms with Crippen LogP contribution in [0.25, 0.3) is 0 Å². The van der Waals surface area contributed by atoms with Crippen molar-refractivity contribution in [2.24, 2.45) is 12.8 Å². The Morgan fingerprint density at radius 3 is 2.79 bits per heavy atom. The molecular formula is C12H14Cl2N4O. The largest absolute Gasteiger partial charge is 0.483 e. The maximum Gasteiger partial charge on any atom is 0.139 e. The number of nitrogens with two attached hydrogens (primary N) is 1. The van der Waals surface area contributed by atoms with Gasteiger partial charge in [-0.3, -0.25) is 0 Å². The molecule has 0 amide bonds. The van der Waals surface area contributed by atoms with Gasteiger partial charge in [0, 0.05) is 18.6 Å². The minimum Gasteiger partial charge on any atom is -0.483 e. The highest BCUT2D eigenvalue weighted by molar-refractivity contribution is 6.35. The molecule has 2 rings (SSSR count). The predicted molar refractivity (Wildman–Crippen MR) is 74.4 cm³/mol. The van der Waals surface area contributed by atoms with E-state index in [0.29, 0.717) is 28.0 Å². The molecule has 2 N–H and O–H groups in total. The van der Waals surface area contributed by atoms with E-state index >= 15 is 0 Å². The van der Waals surface area contributed by atoms with Crippen molar-refractivity contribution >= 4 is 23.2 Å². The van der Waals surface area contributed by atoms with Gasteiger partial charge in [0.05, 0.1) is 5.02 Å². The lowest BCUT2D eigenvalue weighted by Gasteiger charge is -2.16. The van der Waals surface area contributed by atoms with Crippen LogP contribution in [0, 0.1) is 0 Å². The van der Waals surface area contributed by atoms with E-state index < -0.39 is 0 Å². The molecule has 1 aromatic heterocycles. The number of hydrogen-bond donors (Lipinski definition) is 1. The highest BCUT2D eigenvalue weighted by atomic mass is 35.5. The van der Waals surface area contributed by atoms with Crippen LogP contribution in [0.3, 0.4) is 0 Å². The number of ether oxygens (including phenoxy) is 1. The van der Waals surface area contributed by atoms with Crippen molar-refractivity contribution in [3.05, 3.63) is 39.6 Å². The van der Waals surface area contributed by atoms with E-state index in [0.717, 1.165) is 5.69 Å². The molecule has 1 heterocycles. The summed E-state index contributed by atoms with van der Waals surface area (Å²) in [6.45, 7) is 2.20. The third kappa shape index (κ3) is 3.00. The fourth-order valence-electron chi connectivity index (χ4n) is 1.87. The number of nitrogens with zero attached hydrogens (tertiary/aromatic N) is 3. The van der Waals surface area contributed by atoms with E-state index in [1.165, 1.54) is 0 Å². The van der Waals surface area contributed by atoms with Gasteiger partial charge in [-0.05, 0) is 25.1 Å². The quantitative estimate of drug-likeness (QED) is 0.943. The molecular weight excluding hydrogens is 287 g/mol. The van der Waals surface area contributed by atoms with E-state index in [2.05, 4.69) is 10.3 Å². The van der Waals surface area contributed by atoms with Crippen LogP contribution in [0.15, 0.2) is 18.2 Å². The molecule has 0 saturated heterocycles. The molecule has 2 aromatic rings. The summed E-state index contributed by atoms with van der Waals surface area (Å²) in [5, 5.41) is 8.95. The van der Waals surface area contributed by atoms with Crippen molar-refractivity contribution in [2.75, 3.05) is 0 Å². The summed E-state index contributed by atoms with van der Waals surface area (Å²) < 4.78 is 7.47. The summed E-state index contributed by atoms with van der Waals surface area (Å²) in [6.07, 6.45) is -0.266. The lowest BCUT2D eigenvalue weighted by atomic mass is 10.2. The van der Waals surface area contributed by atoms with Gasteiger partial charge < -0.3 is 10.5 Å². The molecule has 1 unspecified atom stereocenters. The van der Waals surface area contributed by atoms with E-state index in [-0.39, 0.29) is 6.10 Å². The Bertz CT molecular complexity index is 585. The lowest BCUT2D eigenvalue weighted by molar-refractivity contribution is 0.215. The van der Waals surface area contributed by atoms with Crippen molar-refractivity contribution in [1.82, 2.24) is 15.0 Å². The lowest BCUT2D eigenvalue weighted by Crippen LogP contribution is -2.13. The maximum atomic E-state index is 6.08. The molecule has 19 heavy (non-hydrogen) atoms. The Labute approximate surface area is 121 Å². The van der Waals surface area contributed by atoms with Gasteiger partial charge in [-0.15, -0.1) is 5.10 Å². The first-order valence-corrected chi connectivity index (χ1v) is 6.48. The van der Waals surface area contributed by atoms with Gasteiger partial charge in [0.2, 0.25) is 0 Å². The third-order valence-electron chi connectivity index (χ3n) is 2.72. The standard InChI is InChI=1S/C12H14Cl2N4O/c1-7(12-10(6-15)16-17-18(12)2)19-11-4-3-8(13)5-9(11)14/h3-5,7H,6,15H2,1-2H3. The zero-order valence-electron chi connectivity index (χ0n) is 10.6. The molecule has 7 heteroatoms. The van der Waals surface area contributed by atoms with Gasteiger partial charge in [-0.25, -0.2) is 4.68 Å². The molecule has 0 fully saturated rings. The fraction of sp³-hybridized carbons (Fsp3) is 0.333. The van der Waals surface area contributed by atoms with Crippen LogP contribution >= 0.6 is 23.2 Å². The third-order valence-corrected chi connectivity index (χ3v) is 3.25. The van der Waals surface area contributed by atoms with Gasteiger partial charge >= 0.3 is 0 Å². The second-order valence-electron chi connectivity index (χ2n) is 4.08. The Morgan fingerprint density at radius 1 is 1.42 bits per heavy atom. The first-order chi connectivity index (χ1) is 9.02. The Morgan fingerprint density at radius 2 is 2.16 bits per heavy atom. The summed E-state index contributed by atoms with van der Waals surface area (Å²) in [4.78, 5) is 0. The minimum absolute atomic E-state index is 0.266. The Balaban J connectivity index is 2.25. The highest BCUT2D eigenvalue weighted by Gasteiger charge is 2.19. The number of aryl methyl sites for hydroxylation is 1. The van der Waals surface area contributed by atoms with Crippen molar-refractivity contribution in [2.45, 2.75) is 19.6 Å². The van der Waals surface area contributed by atoms with E-state index in [1.807, 2.05) is 6.92 Å². The molecule has 0 spiro atoms. The van der Waals surface area contributed by atoms with E-state index in [4.69, 9.17) is 33.7 Å². The molecule has 102 valence electrons. The predicted octanol–water partition coefficient (Wildman–Crippen LogP) is 2.72. The Hall–Kier alpha value is -1.30. The average Bonchev–Trinajstić information content (AvgIpc) is 2.74. The monoisotopic (exact) mass is 300 g/mol. The number of benzene rings is 1. The van der Waals surface area contributed by atoms with Gasteiger partial charge in [0.15, 0.2) is 0 Å². The first-order valence-electron chi connectivity index (χ1n) is 5.73. The summed E-state index contributed by atoms with van der Waals surface area (Å²) in [5.41, 5.74) is 7.17. The number of hydrogen-bond acceptors (Lipinski definition) is 4. The molecule has 0 bridgehead atoms. The van der Waals surface area contributed by atoms with Gasteiger partial charge in [0.25, 0.3) is 0 Å². The number of rotatable bonds is 4. The number of aromatic nitrogens is 3. The van der Waals surface area contributed by atoms with Gasteiger partial charge in [-0.1, -0.05) is 28.4 Å². The van der Waals surface area contributed by atoms with E-state index in [9.17, 15) is 0 Å². The van der Waals surface area contributed by atoms with Crippen molar-refractivity contribution in [1.29, 1.82) is 0 Å². The van der Waals surface area contributed by atoms with Gasteiger partial charge in [0.1, 0.15) is 23.2 Å². The van der Waals surface area contributed by atoms with Crippen LogP contribution in [0.2, 0.25) is 10.0 Å². The average molecular weight is 301 g/mol. The highest BCUT2D eigenvalue weighted by Crippen LogP contribution is 2.31. The van der Waals surface area contributed by atoms with Crippen LogP contribution in [-0.2, 0) is 13.6 Å². The smallest absolute Gasteiger partial charge is 0.139 e. The Kier molecular flexibility index (Phi) is 4.29. The zero-order chi connectivity index (χ0) is 14.0. The number of halogens is 2. The van der Waals surface area contributed by atoms with Crippen LogP contribution in [0.5, 0.6) is 5.75 Å². The molecule has 1 aromatic carbocycles. The normalized spacial score (nSPS) is 12.5. The van der Waals surface area contributed by atoms with Crippen LogP contribution in [0.1, 0.15) is 24.4 Å². The van der Waals surface area contributed by atoms with Crippen LogP contribution in [0.4, 0.5) is 0 Å². The first kappa shape index (κ1) is 14.1. The molecule has 0 aliphatic carbocycles. The van der Waals surface area contributed by atoms with E-state index in [1.54, 1.807) is 29.9 Å². The molecule has 1 atom stereocenters. The van der Waals surface area contributed by atoms with Crippen molar-refractivity contribution in [3.63, 3.8) is 0 Å². The summed E-state index contributed by atoms with van der Waals surface area (Å²) in [6, 6.07) is 5.09. The minimum atomic E-state index is -0.266. The molecule has 5 nitrogen and oxygen atoms in total. The zero-order valence-corrected chi connectivity index (χ0v) is 12.1. The molecule has 0 radical (unpaired) electrons. The summed E-state index contributed by atoms with van der Waals surface area (Å²) >= 11 is 11.9. The molecule has 0 saturated carbocycles. The summed E-state index contributed by atoms with van der Waals surface area (Å²) in [7, 11) is 1.80.